The largest absolute Gasteiger partial charge is 0.355 e. The van der Waals surface area contributed by atoms with Crippen LogP contribution in [0.15, 0.2) is 24.5 Å². The Bertz CT molecular complexity index is 661. The average Bonchev–Trinajstić information content (AvgIpc) is 2.79. The molecule has 20 heavy (non-hydrogen) atoms. The molecule has 0 aliphatic carbocycles. The van der Waals surface area contributed by atoms with Gasteiger partial charge in [-0.15, -0.1) is 0 Å². The van der Waals surface area contributed by atoms with E-state index in [1.54, 1.807) is 0 Å². The first-order chi connectivity index (χ1) is 9.67. The molecule has 1 aliphatic heterocycles. The highest BCUT2D eigenvalue weighted by Crippen LogP contribution is 2.27. The van der Waals surface area contributed by atoms with Gasteiger partial charge in [-0.1, -0.05) is 0 Å². The molecule has 0 saturated carbocycles. The third-order valence-electron chi connectivity index (χ3n) is 3.77. The van der Waals surface area contributed by atoms with Crippen LogP contribution in [0.4, 0.5) is 5.82 Å². The molecule has 1 fully saturated rings. The summed E-state index contributed by atoms with van der Waals surface area (Å²) in [6, 6.07) is 5.96. The van der Waals surface area contributed by atoms with E-state index in [9.17, 15) is 0 Å². The molecule has 2 aromatic heterocycles. The molecule has 3 heterocycles. The smallest absolute Gasteiger partial charge is 0.146 e. The minimum absolute atomic E-state index is 0.594. The molecule has 102 valence electrons. The first-order valence-corrected chi connectivity index (χ1v) is 6.78. The van der Waals surface area contributed by atoms with Gasteiger partial charge in [-0.25, -0.2) is 9.97 Å². The third kappa shape index (κ3) is 2.25. The summed E-state index contributed by atoms with van der Waals surface area (Å²) in [6.07, 6.45) is 3.85. The van der Waals surface area contributed by atoms with E-state index in [-0.39, 0.29) is 0 Å². The topological polar surface area (TPSA) is 57.7 Å². The maximum Gasteiger partial charge on any atom is 0.146 e. The lowest BCUT2D eigenvalue weighted by molar-refractivity contribution is 0.352. The molecular weight excluding hydrogens is 250 g/mol. The van der Waals surface area contributed by atoms with Crippen LogP contribution in [-0.4, -0.2) is 27.6 Å². The van der Waals surface area contributed by atoms with Gasteiger partial charge in [0.05, 0.1) is 5.56 Å². The minimum atomic E-state index is 0.594. The Balaban J connectivity index is 1.68. The molecule has 0 bridgehead atoms. The van der Waals surface area contributed by atoms with Gasteiger partial charge in [-0.3, -0.25) is 0 Å². The van der Waals surface area contributed by atoms with Crippen molar-refractivity contribution in [1.82, 2.24) is 14.5 Å². The quantitative estimate of drug-likeness (QED) is 0.852. The molecule has 1 saturated heterocycles. The van der Waals surface area contributed by atoms with Crippen LogP contribution >= 0.6 is 0 Å². The molecule has 0 atom stereocenters. The number of rotatable bonds is 3. The Morgan fingerprint density at radius 1 is 1.35 bits per heavy atom. The molecule has 0 N–H and O–H groups in total. The van der Waals surface area contributed by atoms with Gasteiger partial charge >= 0.3 is 0 Å². The summed E-state index contributed by atoms with van der Waals surface area (Å²) in [7, 11) is 0. The lowest BCUT2D eigenvalue weighted by Gasteiger charge is -2.40. The second-order valence-corrected chi connectivity index (χ2v) is 5.33. The second kappa shape index (κ2) is 4.97. The Hall–Kier alpha value is -2.35. The van der Waals surface area contributed by atoms with Crippen LogP contribution in [0.3, 0.4) is 0 Å². The van der Waals surface area contributed by atoms with E-state index >= 15 is 0 Å². The van der Waals surface area contributed by atoms with Crippen LogP contribution in [0.1, 0.15) is 17.1 Å². The van der Waals surface area contributed by atoms with E-state index in [0.717, 1.165) is 37.0 Å². The predicted octanol–water partition coefficient (Wildman–Crippen LogP) is 1.90. The number of anilines is 1. The fraction of sp³-hybridized carbons (Fsp3) is 0.400. The van der Waals surface area contributed by atoms with Crippen LogP contribution in [-0.2, 0) is 6.54 Å². The third-order valence-corrected chi connectivity index (χ3v) is 3.77. The van der Waals surface area contributed by atoms with Crippen molar-refractivity contribution in [3.8, 4) is 6.07 Å². The molecule has 2 aromatic rings. The monoisotopic (exact) mass is 267 g/mol. The van der Waals surface area contributed by atoms with Crippen LogP contribution < -0.4 is 4.90 Å². The van der Waals surface area contributed by atoms with Gasteiger partial charge in [0.25, 0.3) is 0 Å². The van der Waals surface area contributed by atoms with Crippen molar-refractivity contribution in [2.75, 3.05) is 18.0 Å². The number of imidazole rings is 1. The molecule has 0 amide bonds. The van der Waals surface area contributed by atoms with Gasteiger partial charge in [-0.2, -0.15) is 5.26 Å². The average molecular weight is 267 g/mol. The van der Waals surface area contributed by atoms with Gasteiger partial charge < -0.3 is 9.47 Å². The van der Waals surface area contributed by atoms with E-state index in [2.05, 4.69) is 25.5 Å². The maximum atomic E-state index is 9.16. The Morgan fingerprint density at radius 2 is 2.15 bits per heavy atom. The van der Waals surface area contributed by atoms with E-state index in [1.807, 2.05) is 38.4 Å². The van der Waals surface area contributed by atoms with Crippen LogP contribution in [0.25, 0.3) is 0 Å². The highest BCUT2D eigenvalue weighted by Gasteiger charge is 2.29. The van der Waals surface area contributed by atoms with E-state index in [0.29, 0.717) is 11.5 Å². The Kier molecular flexibility index (Phi) is 3.15. The predicted molar refractivity (Wildman–Crippen MR) is 76.4 cm³/mol. The number of hydrogen-bond donors (Lipinski definition) is 0. The van der Waals surface area contributed by atoms with Crippen LogP contribution in [0, 0.1) is 31.1 Å². The van der Waals surface area contributed by atoms with Crippen LogP contribution in [0.5, 0.6) is 0 Å². The Morgan fingerprint density at radius 3 is 2.80 bits per heavy atom. The molecule has 0 spiro atoms. The van der Waals surface area contributed by atoms with Crippen molar-refractivity contribution >= 4 is 5.82 Å². The SMILES string of the molecule is Cc1ccc(C#N)c(N2CC(Cn3ccnc3C)C2)n1. The molecule has 0 unspecified atom stereocenters. The van der Waals surface area contributed by atoms with E-state index in [4.69, 9.17) is 5.26 Å². The van der Waals surface area contributed by atoms with Gasteiger partial charge in [-0.05, 0) is 26.0 Å². The van der Waals surface area contributed by atoms with Gasteiger partial charge in [0.2, 0.25) is 0 Å². The molecular formula is C15H17N5. The van der Waals surface area contributed by atoms with Crippen molar-refractivity contribution < 1.29 is 0 Å². The van der Waals surface area contributed by atoms with E-state index in [1.165, 1.54) is 0 Å². The Labute approximate surface area is 118 Å². The maximum absolute atomic E-state index is 9.16. The number of nitrogens with zero attached hydrogens (tertiary/aromatic N) is 5. The fourth-order valence-electron chi connectivity index (χ4n) is 2.60. The van der Waals surface area contributed by atoms with Gasteiger partial charge in [0.15, 0.2) is 0 Å². The fourth-order valence-corrected chi connectivity index (χ4v) is 2.60. The van der Waals surface area contributed by atoms with Crippen molar-refractivity contribution in [2.45, 2.75) is 20.4 Å². The number of hydrogen-bond acceptors (Lipinski definition) is 4. The summed E-state index contributed by atoms with van der Waals surface area (Å²) < 4.78 is 2.18. The first kappa shape index (κ1) is 12.7. The molecule has 5 nitrogen and oxygen atoms in total. The zero-order valence-corrected chi connectivity index (χ0v) is 11.7. The van der Waals surface area contributed by atoms with Crippen molar-refractivity contribution in [3.05, 3.63) is 41.6 Å². The highest BCUT2D eigenvalue weighted by atomic mass is 15.3. The number of pyridine rings is 1. The number of aromatic nitrogens is 3. The molecule has 5 heteroatoms. The summed E-state index contributed by atoms with van der Waals surface area (Å²) in [6.45, 7) is 6.85. The number of nitriles is 1. The zero-order valence-electron chi connectivity index (χ0n) is 11.7. The second-order valence-electron chi connectivity index (χ2n) is 5.33. The summed E-state index contributed by atoms with van der Waals surface area (Å²) in [5.41, 5.74) is 1.61. The lowest BCUT2D eigenvalue weighted by Crippen LogP contribution is -2.49. The first-order valence-electron chi connectivity index (χ1n) is 6.78. The van der Waals surface area contributed by atoms with Gasteiger partial charge in [0.1, 0.15) is 17.7 Å². The van der Waals surface area contributed by atoms with Crippen molar-refractivity contribution in [2.24, 2.45) is 5.92 Å². The van der Waals surface area contributed by atoms with Gasteiger partial charge in [0, 0.05) is 43.6 Å². The van der Waals surface area contributed by atoms with Crippen molar-refractivity contribution in [1.29, 1.82) is 5.26 Å². The van der Waals surface area contributed by atoms with Crippen LogP contribution in [0.2, 0.25) is 0 Å². The summed E-state index contributed by atoms with van der Waals surface area (Å²) in [5, 5.41) is 9.16. The highest BCUT2D eigenvalue weighted by molar-refractivity contribution is 5.55. The molecule has 1 aliphatic rings. The standard InChI is InChI=1S/C15H17N5/c1-11-3-4-14(7-16)15(18-11)20-9-13(10-20)8-19-6-5-17-12(19)2/h3-6,13H,8-10H2,1-2H3. The molecule has 3 rings (SSSR count). The number of aryl methyl sites for hydroxylation is 2. The minimum Gasteiger partial charge on any atom is -0.355 e. The van der Waals surface area contributed by atoms with Crippen molar-refractivity contribution in [3.63, 3.8) is 0 Å². The summed E-state index contributed by atoms with van der Waals surface area (Å²) in [4.78, 5) is 10.9. The normalized spacial score (nSPS) is 14.9. The summed E-state index contributed by atoms with van der Waals surface area (Å²) in [5.74, 6) is 2.47. The van der Waals surface area contributed by atoms with E-state index < -0.39 is 0 Å². The summed E-state index contributed by atoms with van der Waals surface area (Å²) >= 11 is 0. The molecule has 0 radical (unpaired) electrons. The lowest BCUT2D eigenvalue weighted by atomic mass is 9.99. The molecule has 0 aromatic carbocycles. The zero-order chi connectivity index (χ0) is 14.1.